The molecule has 0 amide bonds. The minimum absolute atomic E-state index is 0.188. The van der Waals surface area contributed by atoms with E-state index in [9.17, 15) is 5.11 Å². The molecule has 0 saturated carbocycles. The van der Waals surface area contributed by atoms with Gasteiger partial charge in [-0.25, -0.2) is 0 Å². The number of aryl methyl sites for hydroxylation is 1. The highest BCUT2D eigenvalue weighted by molar-refractivity contribution is 5.67. The number of allylic oxidation sites excluding steroid dienone is 1. The number of rotatable bonds is 3. The quantitative estimate of drug-likeness (QED) is 0.843. The third-order valence-electron chi connectivity index (χ3n) is 4.18. The smallest absolute Gasteiger partial charge is 0.120 e. The van der Waals surface area contributed by atoms with Gasteiger partial charge in [0.2, 0.25) is 0 Å². The minimum Gasteiger partial charge on any atom is -0.508 e. The maximum Gasteiger partial charge on any atom is 0.120 e. The van der Waals surface area contributed by atoms with Gasteiger partial charge in [0.1, 0.15) is 5.75 Å². The van der Waals surface area contributed by atoms with Gasteiger partial charge in [-0.1, -0.05) is 55.8 Å². The normalized spacial score (nSPS) is 16.4. The average Bonchev–Trinajstić information content (AvgIpc) is 2.87. The van der Waals surface area contributed by atoms with Crippen LogP contribution in [0, 0.1) is 6.92 Å². The minimum atomic E-state index is 0.188. The SMILES string of the molecule is CCCc1c(C)ccc(O)c1C1C=Cc2ccccc21. The summed E-state index contributed by atoms with van der Waals surface area (Å²) >= 11 is 0. The van der Waals surface area contributed by atoms with Gasteiger partial charge in [0.05, 0.1) is 0 Å². The molecular formula is C19H20O. The highest BCUT2D eigenvalue weighted by atomic mass is 16.3. The lowest BCUT2D eigenvalue weighted by molar-refractivity contribution is 0.466. The second-order valence-corrected chi connectivity index (χ2v) is 5.51. The molecule has 20 heavy (non-hydrogen) atoms. The van der Waals surface area contributed by atoms with Crippen LogP contribution in [0.1, 0.15) is 47.1 Å². The average molecular weight is 264 g/mol. The molecule has 2 aromatic carbocycles. The van der Waals surface area contributed by atoms with Crippen molar-refractivity contribution in [2.75, 3.05) is 0 Å². The zero-order chi connectivity index (χ0) is 14.1. The predicted octanol–water partition coefficient (Wildman–Crippen LogP) is 4.81. The van der Waals surface area contributed by atoms with Crippen LogP contribution in [0.4, 0.5) is 0 Å². The van der Waals surface area contributed by atoms with E-state index in [4.69, 9.17) is 0 Å². The molecule has 3 rings (SSSR count). The van der Waals surface area contributed by atoms with Crippen molar-refractivity contribution in [2.45, 2.75) is 32.6 Å². The fraction of sp³-hybridized carbons (Fsp3) is 0.263. The fourth-order valence-electron chi connectivity index (χ4n) is 3.19. The Labute approximate surface area is 120 Å². The van der Waals surface area contributed by atoms with E-state index < -0.39 is 0 Å². The Morgan fingerprint density at radius 2 is 1.90 bits per heavy atom. The number of hydrogen-bond donors (Lipinski definition) is 1. The highest BCUT2D eigenvalue weighted by Crippen LogP contribution is 2.41. The summed E-state index contributed by atoms with van der Waals surface area (Å²) in [6, 6.07) is 12.3. The Kier molecular flexibility index (Phi) is 3.35. The molecule has 0 heterocycles. The zero-order valence-electron chi connectivity index (χ0n) is 12.1. The number of hydrogen-bond acceptors (Lipinski definition) is 1. The van der Waals surface area contributed by atoms with Gasteiger partial charge in [-0.15, -0.1) is 0 Å². The molecule has 0 aliphatic heterocycles. The molecule has 1 unspecified atom stereocenters. The lowest BCUT2D eigenvalue weighted by Gasteiger charge is -2.19. The van der Waals surface area contributed by atoms with Crippen LogP contribution in [0.5, 0.6) is 5.75 Å². The molecule has 0 spiro atoms. The van der Waals surface area contributed by atoms with E-state index in [2.05, 4.69) is 50.3 Å². The van der Waals surface area contributed by atoms with E-state index >= 15 is 0 Å². The van der Waals surface area contributed by atoms with Crippen LogP contribution in [-0.2, 0) is 6.42 Å². The molecule has 0 aromatic heterocycles. The molecule has 1 atom stereocenters. The number of aromatic hydroxyl groups is 1. The van der Waals surface area contributed by atoms with Crippen LogP contribution in [0.3, 0.4) is 0 Å². The van der Waals surface area contributed by atoms with E-state index in [1.54, 1.807) is 0 Å². The lowest BCUT2D eigenvalue weighted by Crippen LogP contribution is -2.04. The van der Waals surface area contributed by atoms with Gasteiger partial charge < -0.3 is 5.11 Å². The topological polar surface area (TPSA) is 20.2 Å². The van der Waals surface area contributed by atoms with Crippen molar-refractivity contribution in [1.29, 1.82) is 0 Å². The molecule has 1 nitrogen and oxygen atoms in total. The monoisotopic (exact) mass is 264 g/mol. The summed E-state index contributed by atoms with van der Waals surface area (Å²) in [4.78, 5) is 0. The van der Waals surface area contributed by atoms with Gasteiger partial charge in [-0.3, -0.25) is 0 Å². The Balaban J connectivity index is 2.16. The van der Waals surface area contributed by atoms with Crippen molar-refractivity contribution in [3.05, 3.63) is 70.3 Å². The first-order valence-corrected chi connectivity index (χ1v) is 7.30. The van der Waals surface area contributed by atoms with E-state index in [1.807, 2.05) is 12.1 Å². The first kappa shape index (κ1) is 13.0. The molecule has 1 heteroatoms. The molecule has 2 aromatic rings. The standard InChI is InChI=1S/C19H20O/c1-3-6-15-13(2)9-12-18(20)19(15)17-11-10-14-7-4-5-8-16(14)17/h4-5,7-12,17,20H,3,6H2,1-2H3. The molecule has 0 fully saturated rings. The van der Waals surface area contributed by atoms with Gasteiger partial charge in [0.15, 0.2) is 0 Å². The van der Waals surface area contributed by atoms with Crippen molar-refractivity contribution in [3.8, 4) is 5.75 Å². The number of phenols is 1. The second-order valence-electron chi connectivity index (χ2n) is 5.51. The summed E-state index contributed by atoms with van der Waals surface area (Å²) in [7, 11) is 0. The molecule has 0 saturated heterocycles. The maximum absolute atomic E-state index is 10.4. The molecule has 0 bridgehead atoms. The summed E-state index contributed by atoms with van der Waals surface area (Å²) in [5, 5.41) is 10.4. The summed E-state index contributed by atoms with van der Waals surface area (Å²) in [6.07, 6.45) is 6.48. The highest BCUT2D eigenvalue weighted by Gasteiger charge is 2.24. The first-order chi connectivity index (χ1) is 9.72. The zero-order valence-corrected chi connectivity index (χ0v) is 12.1. The largest absolute Gasteiger partial charge is 0.508 e. The van der Waals surface area contributed by atoms with Crippen LogP contribution in [0.2, 0.25) is 0 Å². The third kappa shape index (κ3) is 2.03. The van der Waals surface area contributed by atoms with Crippen LogP contribution >= 0.6 is 0 Å². The van der Waals surface area contributed by atoms with Crippen LogP contribution < -0.4 is 0 Å². The molecule has 1 N–H and O–H groups in total. The second kappa shape index (κ2) is 5.16. The van der Waals surface area contributed by atoms with Gasteiger partial charge in [-0.2, -0.15) is 0 Å². The van der Waals surface area contributed by atoms with Gasteiger partial charge in [0.25, 0.3) is 0 Å². The molecule has 102 valence electrons. The van der Waals surface area contributed by atoms with E-state index in [-0.39, 0.29) is 5.92 Å². The van der Waals surface area contributed by atoms with Gasteiger partial charge >= 0.3 is 0 Å². The van der Waals surface area contributed by atoms with Gasteiger partial charge in [-0.05, 0) is 41.7 Å². The van der Waals surface area contributed by atoms with Crippen molar-refractivity contribution in [2.24, 2.45) is 0 Å². The summed E-state index contributed by atoms with van der Waals surface area (Å²) in [5.74, 6) is 0.609. The Bertz CT molecular complexity index is 667. The third-order valence-corrected chi connectivity index (χ3v) is 4.18. The number of fused-ring (bicyclic) bond motifs is 1. The first-order valence-electron chi connectivity index (χ1n) is 7.30. The van der Waals surface area contributed by atoms with Crippen LogP contribution in [0.15, 0.2) is 42.5 Å². The van der Waals surface area contributed by atoms with E-state index in [0.29, 0.717) is 5.75 Å². The van der Waals surface area contributed by atoms with Crippen LogP contribution in [0.25, 0.3) is 6.08 Å². The maximum atomic E-state index is 10.4. The van der Waals surface area contributed by atoms with E-state index in [1.165, 1.54) is 22.3 Å². The molecule has 0 radical (unpaired) electrons. The Morgan fingerprint density at radius 3 is 2.70 bits per heavy atom. The lowest BCUT2D eigenvalue weighted by atomic mass is 9.85. The Hall–Kier alpha value is -2.02. The Morgan fingerprint density at radius 1 is 1.10 bits per heavy atom. The van der Waals surface area contributed by atoms with Crippen molar-refractivity contribution in [1.82, 2.24) is 0 Å². The summed E-state index contributed by atoms with van der Waals surface area (Å²) in [6.45, 7) is 4.32. The van der Waals surface area contributed by atoms with E-state index in [0.717, 1.165) is 18.4 Å². The van der Waals surface area contributed by atoms with Crippen LogP contribution in [-0.4, -0.2) is 5.11 Å². The molecule has 1 aliphatic carbocycles. The number of benzene rings is 2. The van der Waals surface area contributed by atoms with Crippen molar-refractivity contribution in [3.63, 3.8) is 0 Å². The number of phenolic OH excluding ortho intramolecular Hbond substituents is 1. The summed E-state index contributed by atoms with van der Waals surface area (Å²) in [5.41, 5.74) is 6.23. The summed E-state index contributed by atoms with van der Waals surface area (Å²) < 4.78 is 0. The molecular weight excluding hydrogens is 244 g/mol. The van der Waals surface area contributed by atoms with Crippen molar-refractivity contribution >= 4 is 6.08 Å². The predicted molar refractivity (Wildman–Crippen MR) is 84.2 cm³/mol. The van der Waals surface area contributed by atoms with Gasteiger partial charge in [0, 0.05) is 11.5 Å². The molecule has 1 aliphatic rings. The van der Waals surface area contributed by atoms with Crippen molar-refractivity contribution < 1.29 is 5.11 Å². The fourth-order valence-corrected chi connectivity index (χ4v) is 3.19.